The van der Waals surface area contributed by atoms with Gasteiger partial charge in [-0.1, -0.05) is 67.4 Å². The van der Waals surface area contributed by atoms with Crippen LogP contribution in [0.3, 0.4) is 0 Å². The van der Waals surface area contributed by atoms with E-state index >= 15 is 0 Å². The van der Waals surface area contributed by atoms with Gasteiger partial charge in [0.15, 0.2) is 0 Å². The predicted molar refractivity (Wildman–Crippen MR) is 146 cm³/mol. The zero-order valence-corrected chi connectivity index (χ0v) is 22.3. The molecule has 6 heteroatoms. The highest BCUT2D eigenvalue weighted by Gasteiger charge is 2.33. The monoisotopic (exact) mass is 519 g/mol. The van der Waals surface area contributed by atoms with Crippen LogP contribution in [0.5, 0.6) is 5.75 Å². The van der Waals surface area contributed by atoms with E-state index in [1.807, 2.05) is 48.5 Å². The minimum Gasteiger partial charge on any atom is -0.487 e. The lowest BCUT2D eigenvalue weighted by molar-refractivity contribution is -0.137. The molecule has 194 valence electrons. The largest absolute Gasteiger partial charge is 0.487 e. The predicted octanol–water partition coefficient (Wildman–Crippen LogP) is 6.74. The Kier molecular flexibility index (Phi) is 8.55. The summed E-state index contributed by atoms with van der Waals surface area (Å²) < 4.78 is 6.40. The number of nitrogens with zero attached hydrogens (tertiary/aromatic N) is 1. The highest BCUT2D eigenvalue weighted by molar-refractivity contribution is 6.31. The average molecular weight is 520 g/mol. The molecule has 0 aliphatic carbocycles. The molecule has 0 saturated carbocycles. The van der Waals surface area contributed by atoms with Gasteiger partial charge in [0.25, 0.3) is 5.91 Å². The topological polar surface area (TPSA) is 66.8 Å². The summed E-state index contributed by atoms with van der Waals surface area (Å²) in [5.74, 6) is -0.584. The van der Waals surface area contributed by atoms with Crippen LogP contribution in [0.2, 0.25) is 5.02 Å². The van der Waals surface area contributed by atoms with E-state index in [2.05, 4.69) is 26.0 Å². The summed E-state index contributed by atoms with van der Waals surface area (Å²) in [5.41, 5.74) is 4.23. The highest BCUT2D eigenvalue weighted by atomic mass is 35.5. The Morgan fingerprint density at radius 3 is 2.49 bits per heavy atom. The van der Waals surface area contributed by atoms with Crippen molar-refractivity contribution in [2.75, 3.05) is 6.54 Å². The molecule has 1 atom stereocenters. The fourth-order valence-electron chi connectivity index (χ4n) is 4.85. The lowest BCUT2D eigenvalue weighted by Crippen LogP contribution is -2.39. The molecule has 1 heterocycles. The van der Waals surface area contributed by atoms with E-state index in [0.717, 1.165) is 59.6 Å². The first-order valence-corrected chi connectivity index (χ1v) is 13.3. The Bertz CT molecular complexity index is 1260. The molecule has 0 bridgehead atoms. The van der Waals surface area contributed by atoms with E-state index in [1.54, 1.807) is 6.07 Å². The number of amides is 1. The first-order valence-electron chi connectivity index (χ1n) is 12.9. The van der Waals surface area contributed by atoms with Crippen molar-refractivity contribution in [1.82, 2.24) is 4.90 Å². The highest BCUT2D eigenvalue weighted by Crippen LogP contribution is 2.37. The van der Waals surface area contributed by atoms with E-state index in [9.17, 15) is 14.7 Å². The van der Waals surface area contributed by atoms with Crippen LogP contribution in [0.4, 0.5) is 0 Å². The van der Waals surface area contributed by atoms with E-state index in [-0.39, 0.29) is 19.0 Å². The summed E-state index contributed by atoms with van der Waals surface area (Å²) >= 11 is 6.37. The van der Waals surface area contributed by atoms with Crippen molar-refractivity contribution in [3.05, 3.63) is 99.6 Å². The van der Waals surface area contributed by atoms with Crippen LogP contribution in [0.15, 0.2) is 66.7 Å². The zero-order valence-electron chi connectivity index (χ0n) is 21.5. The Morgan fingerprint density at radius 1 is 1.05 bits per heavy atom. The molecule has 0 saturated heterocycles. The summed E-state index contributed by atoms with van der Waals surface area (Å²) in [6, 6.07) is 21.3. The second-order valence-electron chi connectivity index (χ2n) is 10.1. The average Bonchev–Trinajstić information content (AvgIpc) is 2.88. The van der Waals surface area contributed by atoms with Crippen molar-refractivity contribution in [3.8, 4) is 5.75 Å². The molecular formula is C31H34ClNO4. The molecule has 0 spiro atoms. The second-order valence-corrected chi connectivity index (χ2v) is 10.5. The molecule has 0 aromatic heterocycles. The third kappa shape index (κ3) is 6.92. The third-order valence-corrected chi connectivity index (χ3v) is 7.31. The van der Waals surface area contributed by atoms with Gasteiger partial charge in [-0.3, -0.25) is 9.59 Å². The van der Waals surface area contributed by atoms with Crippen molar-refractivity contribution in [2.45, 2.75) is 64.5 Å². The third-order valence-electron chi connectivity index (χ3n) is 6.94. The van der Waals surface area contributed by atoms with Crippen LogP contribution in [0, 0.1) is 0 Å². The fraction of sp³-hybridized carbons (Fsp3) is 0.355. The molecule has 37 heavy (non-hydrogen) atoms. The van der Waals surface area contributed by atoms with Crippen LogP contribution in [-0.4, -0.2) is 34.0 Å². The van der Waals surface area contributed by atoms with E-state index in [4.69, 9.17) is 16.3 Å². The first-order chi connectivity index (χ1) is 17.8. The molecule has 3 aromatic rings. The molecule has 0 radical (unpaired) electrons. The minimum absolute atomic E-state index is 0.239. The van der Waals surface area contributed by atoms with E-state index in [0.29, 0.717) is 12.0 Å². The van der Waals surface area contributed by atoms with Crippen LogP contribution in [0.1, 0.15) is 65.7 Å². The van der Waals surface area contributed by atoms with Gasteiger partial charge in [0.05, 0.1) is 0 Å². The molecule has 4 rings (SSSR count). The Labute approximate surface area is 224 Å². The molecule has 1 aliphatic heterocycles. The SMILES string of the molecule is CCCCc1ccc(CN(CC(=O)O)C(=O)c2ccc3c(c2)CCC(C)(Cc2ccccc2Cl)O3)cc1. The summed E-state index contributed by atoms with van der Waals surface area (Å²) in [6.07, 6.45) is 5.51. The van der Waals surface area contributed by atoms with Gasteiger partial charge in [-0.2, -0.15) is 0 Å². The van der Waals surface area contributed by atoms with Gasteiger partial charge in [-0.15, -0.1) is 0 Å². The number of benzene rings is 3. The molecular weight excluding hydrogens is 486 g/mol. The number of hydrogen-bond acceptors (Lipinski definition) is 3. The van der Waals surface area contributed by atoms with Gasteiger partial charge in [-0.05, 0) is 79.1 Å². The number of carboxylic acid groups (broad SMARTS) is 1. The van der Waals surface area contributed by atoms with E-state index < -0.39 is 11.6 Å². The molecule has 1 N–H and O–H groups in total. The van der Waals surface area contributed by atoms with Crippen LogP contribution in [-0.2, 0) is 30.6 Å². The van der Waals surface area contributed by atoms with Gasteiger partial charge >= 0.3 is 5.97 Å². The second kappa shape index (κ2) is 11.8. The molecule has 0 fully saturated rings. The Balaban J connectivity index is 1.48. The van der Waals surface area contributed by atoms with Gasteiger partial charge in [0.2, 0.25) is 0 Å². The quantitative estimate of drug-likeness (QED) is 0.322. The molecule has 1 amide bonds. The van der Waals surface area contributed by atoms with Gasteiger partial charge in [0, 0.05) is 23.6 Å². The summed E-state index contributed by atoms with van der Waals surface area (Å²) in [6.45, 7) is 4.12. The maximum Gasteiger partial charge on any atom is 0.323 e. The standard InChI is InChI=1S/C31H34ClNO4/c1-3-4-7-22-10-12-23(13-11-22)20-33(21-29(34)35)30(36)25-14-15-28-24(18-25)16-17-31(2,37-28)19-26-8-5-6-9-27(26)32/h5-6,8-15,18H,3-4,7,16-17,19-21H2,1-2H3,(H,34,35). The van der Waals surface area contributed by atoms with Gasteiger partial charge < -0.3 is 14.7 Å². The number of carbonyl (C=O) groups excluding carboxylic acids is 1. The zero-order chi connectivity index (χ0) is 26.4. The number of aryl methyl sites for hydroxylation is 2. The number of hydrogen-bond donors (Lipinski definition) is 1. The summed E-state index contributed by atoms with van der Waals surface area (Å²) in [5, 5.41) is 10.2. The van der Waals surface area contributed by atoms with Crippen molar-refractivity contribution in [2.24, 2.45) is 0 Å². The number of ether oxygens (including phenoxy) is 1. The maximum absolute atomic E-state index is 13.4. The van der Waals surface area contributed by atoms with Gasteiger partial charge in [0.1, 0.15) is 17.9 Å². The van der Waals surface area contributed by atoms with Crippen LogP contribution < -0.4 is 4.74 Å². The van der Waals surface area contributed by atoms with Crippen molar-refractivity contribution in [3.63, 3.8) is 0 Å². The molecule has 5 nitrogen and oxygen atoms in total. The lowest BCUT2D eigenvalue weighted by Gasteiger charge is -2.36. The van der Waals surface area contributed by atoms with Crippen LogP contribution >= 0.6 is 11.6 Å². The fourth-order valence-corrected chi connectivity index (χ4v) is 5.05. The Hall–Kier alpha value is -3.31. The van der Waals surface area contributed by atoms with Gasteiger partial charge in [-0.25, -0.2) is 0 Å². The molecule has 1 aliphatic rings. The number of halogens is 1. The van der Waals surface area contributed by atoms with Crippen molar-refractivity contribution >= 4 is 23.5 Å². The van der Waals surface area contributed by atoms with Crippen molar-refractivity contribution in [1.29, 1.82) is 0 Å². The molecule has 1 unspecified atom stereocenters. The normalized spacial score (nSPS) is 16.5. The minimum atomic E-state index is -1.04. The summed E-state index contributed by atoms with van der Waals surface area (Å²) in [7, 11) is 0. The number of aliphatic carboxylic acids is 1. The summed E-state index contributed by atoms with van der Waals surface area (Å²) in [4.78, 5) is 26.3. The maximum atomic E-state index is 13.4. The number of carbonyl (C=O) groups is 2. The van der Waals surface area contributed by atoms with E-state index in [1.165, 1.54) is 10.5 Å². The van der Waals surface area contributed by atoms with Crippen LogP contribution in [0.25, 0.3) is 0 Å². The number of carboxylic acids is 1. The number of fused-ring (bicyclic) bond motifs is 1. The number of unbranched alkanes of at least 4 members (excludes halogenated alkanes) is 1. The number of rotatable bonds is 10. The van der Waals surface area contributed by atoms with Crippen molar-refractivity contribution < 1.29 is 19.4 Å². The smallest absolute Gasteiger partial charge is 0.323 e. The Morgan fingerprint density at radius 2 is 1.78 bits per heavy atom. The first kappa shape index (κ1) is 26.7. The lowest BCUT2D eigenvalue weighted by atomic mass is 9.86. The molecule has 3 aromatic carbocycles.